The lowest BCUT2D eigenvalue weighted by atomic mass is 10.1. The molecule has 0 radical (unpaired) electrons. The summed E-state index contributed by atoms with van der Waals surface area (Å²) >= 11 is 0. The number of benzene rings is 2. The molecule has 0 saturated carbocycles. The molecule has 1 aliphatic rings. The van der Waals surface area contributed by atoms with Crippen LogP contribution in [0.15, 0.2) is 48.5 Å². The monoisotopic (exact) mass is 392 g/mol. The maximum absolute atomic E-state index is 13.5. The fraction of sp³-hybridized carbons (Fsp3) is 0.316. The number of hydrogen-bond acceptors (Lipinski definition) is 4. The number of ether oxygens (including phenoxy) is 1. The summed E-state index contributed by atoms with van der Waals surface area (Å²) in [5.41, 5.74) is 1.66. The molecule has 0 bridgehead atoms. The summed E-state index contributed by atoms with van der Waals surface area (Å²) in [5.74, 6) is -0.653. The first-order valence-corrected chi connectivity index (χ1v) is 10.4. The van der Waals surface area contributed by atoms with Crippen LogP contribution in [0.2, 0.25) is 0 Å². The highest BCUT2D eigenvalue weighted by Gasteiger charge is 2.25. The van der Waals surface area contributed by atoms with E-state index in [0.29, 0.717) is 43.1 Å². The van der Waals surface area contributed by atoms with E-state index in [1.807, 2.05) is 0 Å². The minimum atomic E-state index is -3.68. The van der Waals surface area contributed by atoms with Gasteiger partial charge in [0.25, 0.3) is 0 Å². The van der Waals surface area contributed by atoms with Crippen molar-refractivity contribution in [1.82, 2.24) is 4.90 Å². The summed E-state index contributed by atoms with van der Waals surface area (Å²) < 4.78 is 44.5. The van der Waals surface area contributed by atoms with Gasteiger partial charge in [-0.15, -0.1) is 0 Å². The van der Waals surface area contributed by atoms with Crippen LogP contribution in [0.3, 0.4) is 0 Å². The molecule has 6 nitrogen and oxygen atoms in total. The molecule has 0 unspecified atom stereocenters. The highest BCUT2D eigenvalue weighted by atomic mass is 32.2. The Balaban J connectivity index is 1.89. The number of hydrogen-bond donors (Lipinski definition) is 0. The molecule has 1 saturated heterocycles. The molecule has 8 heteroatoms. The zero-order valence-electron chi connectivity index (χ0n) is 15.0. The predicted octanol–water partition coefficient (Wildman–Crippen LogP) is 2.12. The number of amides is 1. The second-order valence-electron chi connectivity index (χ2n) is 6.32. The summed E-state index contributed by atoms with van der Waals surface area (Å²) in [6.45, 7) is 1.49. The van der Waals surface area contributed by atoms with E-state index in [1.54, 1.807) is 41.3 Å². The molecule has 2 aromatic rings. The SMILES string of the molecule is CS(=O)(=O)N(CC(=O)N1CCOCC1)c1cccc(-c2cccc(F)c2)c1. The maximum atomic E-state index is 13.5. The molecule has 3 rings (SSSR count). The first kappa shape index (κ1) is 19.3. The summed E-state index contributed by atoms with van der Waals surface area (Å²) in [6.07, 6.45) is 1.06. The summed E-state index contributed by atoms with van der Waals surface area (Å²) in [4.78, 5) is 14.1. The molecule has 0 aromatic heterocycles. The van der Waals surface area contributed by atoms with Gasteiger partial charge >= 0.3 is 0 Å². The molecule has 1 fully saturated rings. The highest BCUT2D eigenvalue weighted by molar-refractivity contribution is 7.92. The quantitative estimate of drug-likeness (QED) is 0.782. The Kier molecular flexibility index (Phi) is 5.76. The van der Waals surface area contributed by atoms with Gasteiger partial charge in [0.2, 0.25) is 15.9 Å². The molecule has 1 amide bonds. The molecule has 0 atom stereocenters. The van der Waals surface area contributed by atoms with E-state index in [4.69, 9.17) is 4.74 Å². The Hall–Kier alpha value is -2.45. The van der Waals surface area contributed by atoms with Crippen molar-refractivity contribution in [3.8, 4) is 11.1 Å². The number of nitrogens with zero attached hydrogens (tertiary/aromatic N) is 2. The molecular weight excluding hydrogens is 371 g/mol. The number of halogens is 1. The zero-order chi connectivity index (χ0) is 19.4. The van der Waals surface area contributed by atoms with Crippen molar-refractivity contribution in [2.45, 2.75) is 0 Å². The lowest BCUT2D eigenvalue weighted by Crippen LogP contribution is -2.47. The third-order valence-corrected chi connectivity index (χ3v) is 5.48. The Bertz CT molecular complexity index is 927. The van der Waals surface area contributed by atoms with Crippen LogP contribution in [0.4, 0.5) is 10.1 Å². The molecule has 2 aromatic carbocycles. The maximum Gasteiger partial charge on any atom is 0.243 e. The molecule has 144 valence electrons. The third-order valence-electron chi connectivity index (χ3n) is 4.34. The van der Waals surface area contributed by atoms with Crippen LogP contribution < -0.4 is 4.31 Å². The first-order valence-electron chi connectivity index (χ1n) is 8.54. The normalized spacial score (nSPS) is 14.8. The number of morpholine rings is 1. The van der Waals surface area contributed by atoms with Crippen molar-refractivity contribution in [1.29, 1.82) is 0 Å². The summed E-state index contributed by atoms with van der Waals surface area (Å²) in [7, 11) is -3.68. The summed E-state index contributed by atoms with van der Waals surface area (Å²) in [6, 6.07) is 12.8. The highest BCUT2D eigenvalue weighted by Crippen LogP contribution is 2.26. The Morgan fingerprint density at radius 3 is 2.37 bits per heavy atom. The molecule has 0 N–H and O–H groups in total. The van der Waals surface area contributed by atoms with Gasteiger partial charge in [-0.1, -0.05) is 24.3 Å². The van der Waals surface area contributed by atoms with E-state index in [2.05, 4.69) is 0 Å². The number of carbonyl (C=O) groups is 1. The van der Waals surface area contributed by atoms with Crippen LogP contribution in [0.25, 0.3) is 11.1 Å². The van der Waals surface area contributed by atoms with Gasteiger partial charge in [-0.25, -0.2) is 12.8 Å². The second kappa shape index (κ2) is 8.06. The van der Waals surface area contributed by atoms with Gasteiger partial charge in [-0.05, 0) is 35.4 Å². The lowest BCUT2D eigenvalue weighted by Gasteiger charge is -2.30. The van der Waals surface area contributed by atoms with Gasteiger partial charge < -0.3 is 9.64 Å². The fourth-order valence-electron chi connectivity index (χ4n) is 2.94. The van der Waals surface area contributed by atoms with E-state index in [-0.39, 0.29) is 18.3 Å². The lowest BCUT2D eigenvalue weighted by molar-refractivity contribution is -0.133. The van der Waals surface area contributed by atoms with Gasteiger partial charge in [-0.2, -0.15) is 0 Å². The standard InChI is InChI=1S/C19H21FN2O4S/c1-27(24,25)22(14-19(23)21-8-10-26-11-9-21)18-7-3-5-16(13-18)15-4-2-6-17(20)12-15/h2-7,12-13H,8-11,14H2,1H3. The third kappa shape index (κ3) is 4.84. The molecule has 0 spiro atoms. The molecule has 1 aliphatic heterocycles. The van der Waals surface area contributed by atoms with E-state index < -0.39 is 10.0 Å². The predicted molar refractivity (Wildman–Crippen MR) is 101 cm³/mol. The topological polar surface area (TPSA) is 66.9 Å². The van der Waals surface area contributed by atoms with E-state index in [9.17, 15) is 17.6 Å². The van der Waals surface area contributed by atoms with Crippen LogP contribution in [0.5, 0.6) is 0 Å². The minimum absolute atomic E-state index is 0.278. The van der Waals surface area contributed by atoms with Crippen molar-refractivity contribution in [3.05, 3.63) is 54.3 Å². The van der Waals surface area contributed by atoms with Crippen LogP contribution >= 0.6 is 0 Å². The number of anilines is 1. The Labute approximate surface area is 158 Å². The van der Waals surface area contributed by atoms with E-state index in [1.165, 1.54) is 12.1 Å². The second-order valence-corrected chi connectivity index (χ2v) is 8.23. The Morgan fingerprint density at radius 1 is 1.11 bits per heavy atom. The summed E-state index contributed by atoms with van der Waals surface area (Å²) in [5, 5.41) is 0. The molecular formula is C19H21FN2O4S. The van der Waals surface area contributed by atoms with Crippen LogP contribution in [0, 0.1) is 5.82 Å². The van der Waals surface area contributed by atoms with Gasteiger partial charge in [0, 0.05) is 13.1 Å². The molecule has 1 heterocycles. The van der Waals surface area contributed by atoms with Gasteiger partial charge in [0.1, 0.15) is 12.4 Å². The van der Waals surface area contributed by atoms with Crippen LogP contribution in [-0.2, 0) is 19.6 Å². The van der Waals surface area contributed by atoms with Crippen molar-refractivity contribution in [2.75, 3.05) is 43.4 Å². The van der Waals surface area contributed by atoms with Crippen LogP contribution in [-0.4, -0.2) is 58.3 Å². The van der Waals surface area contributed by atoms with Gasteiger partial charge in [0.15, 0.2) is 0 Å². The van der Waals surface area contributed by atoms with Crippen molar-refractivity contribution in [2.24, 2.45) is 0 Å². The average Bonchev–Trinajstić information content (AvgIpc) is 2.66. The zero-order valence-corrected chi connectivity index (χ0v) is 15.8. The fourth-order valence-corrected chi connectivity index (χ4v) is 3.79. The van der Waals surface area contributed by atoms with Crippen molar-refractivity contribution >= 4 is 21.6 Å². The largest absolute Gasteiger partial charge is 0.378 e. The van der Waals surface area contributed by atoms with E-state index >= 15 is 0 Å². The van der Waals surface area contributed by atoms with Crippen LogP contribution in [0.1, 0.15) is 0 Å². The van der Waals surface area contributed by atoms with Crippen molar-refractivity contribution < 1.29 is 22.3 Å². The van der Waals surface area contributed by atoms with Gasteiger partial charge in [0.05, 0.1) is 25.2 Å². The first-order chi connectivity index (χ1) is 12.8. The average molecular weight is 392 g/mol. The van der Waals surface area contributed by atoms with Crippen molar-refractivity contribution in [3.63, 3.8) is 0 Å². The Morgan fingerprint density at radius 2 is 1.74 bits per heavy atom. The number of rotatable bonds is 5. The molecule has 0 aliphatic carbocycles. The minimum Gasteiger partial charge on any atom is -0.378 e. The smallest absolute Gasteiger partial charge is 0.243 e. The van der Waals surface area contributed by atoms with Gasteiger partial charge in [-0.3, -0.25) is 9.10 Å². The van der Waals surface area contributed by atoms with E-state index in [0.717, 1.165) is 10.6 Å². The number of sulfonamides is 1. The number of carbonyl (C=O) groups excluding carboxylic acids is 1. The molecule has 27 heavy (non-hydrogen) atoms.